The smallest absolute Gasteiger partial charge is 0.277 e. The van der Waals surface area contributed by atoms with Gasteiger partial charge in [-0.2, -0.15) is 0 Å². The van der Waals surface area contributed by atoms with Gasteiger partial charge in [0.1, 0.15) is 5.41 Å². The van der Waals surface area contributed by atoms with Gasteiger partial charge in [-0.3, -0.25) is 19.8 Å². The minimum atomic E-state index is -1.06. The second-order valence-corrected chi connectivity index (χ2v) is 4.99. The Morgan fingerprint density at radius 1 is 1.29 bits per heavy atom. The van der Waals surface area contributed by atoms with E-state index in [0.717, 1.165) is 11.3 Å². The highest BCUT2D eigenvalue weighted by molar-refractivity contribution is 6.18. The van der Waals surface area contributed by atoms with Crippen molar-refractivity contribution < 1.29 is 14.4 Å². The van der Waals surface area contributed by atoms with Crippen LogP contribution in [-0.2, 0) is 9.59 Å². The second kappa shape index (κ2) is 4.85. The van der Waals surface area contributed by atoms with Crippen molar-refractivity contribution in [3.8, 4) is 0 Å². The number of hydrogen-bond donors (Lipinski definition) is 1. The van der Waals surface area contributed by atoms with E-state index in [2.05, 4.69) is 5.32 Å². The van der Waals surface area contributed by atoms with Crippen LogP contribution in [0.2, 0.25) is 0 Å². The van der Waals surface area contributed by atoms with Crippen LogP contribution in [0.4, 0.5) is 4.79 Å². The number of hydrogen-bond acceptors (Lipinski definition) is 3. The van der Waals surface area contributed by atoms with E-state index in [-0.39, 0.29) is 5.91 Å². The zero-order valence-electron chi connectivity index (χ0n) is 10.9. The molecule has 1 unspecified atom stereocenters. The molecular formula is C12H20N2O3. The van der Waals surface area contributed by atoms with Crippen molar-refractivity contribution >= 4 is 17.8 Å². The summed E-state index contributed by atoms with van der Waals surface area (Å²) < 4.78 is 0. The van der Waals surface area contributed by atoms with Crippen molar-refractivity contribution in [3.63, 3.8) is 0 Å². The minimum absolute atomic E-state index is 0.380. The zero-order valence-corrected chi connectivity index (χ0v) is 10.9. The first kappa shape index (κ1) is 13.7. The molecule has 1 rings (SSSR count). The molecule has 1 aliphatic rings. The van der Waals surface area contributed by atoms with Crippen LogP contribution in [-0.4, -0.2) is 29.8 Å². The van der Waals surface area contributed by atoms with Crippen molar-refractivity contribution in [2.45, 2.75) is 40.0 Å². The molecule has 0 saturated carbocycles. The van der Waals surface area contributed by atoms with Crippen LogP contribution in [0.5, 0.6) is 0 Å². The summed E-state index contributed by atoms with van der Waals surface area (Å²) >= 11 is 0. The van der Waals surface area contributed by atoms with E-state index in [1.807, 2.05) is 13.8 Å². The molecule has 1 aliphatic heterocycles. The van der Waals surface area contributed by atoms with Gasteiger partial charge < -0.3 is 0 Å². The van der Waals surface area contributed by atoms with Gasteiger partial charge in [0.05, 0.1) is 0 Å². The molecule has 0 aromatic heterocycles. The van der Waals surface area contributed by atoms with Crippen LogP contribution < -0.4 is 5.32 Å². The molecule has 1 N–H and O–H groups in total. The molecular weight excluding hydrogens is 220 g/mol. The molecule has 0 aliphatic carbocycles. The fourth-order valence-corrected chi connectivity index (χ4v) is 2.06. The lowest BCUT2D eigenvalue weighted by atomic mass is 9.76. The highest BCUT2D eigenvalue weighted by atomic mass is 16.2. The van der Waals surface area contributed by atoms with Crippen LogP contribution in [0.1, 0.15) is 40.0 Å². The average molecular weight is 240 g/mol. The number of amides is 4. The van der Waals surface area contributed by atoms with Crippen molar-refractivity contribution in [1.82, 2.24) is 10.2 Å². The molecule has 0 radical (unpaired) electrons. The van der Waals surface area contributed by atoms with Crippen LogP contribution in [0.25, 0.3) is 0 Å². The molecule has 5 heteroatoms. The summed E-state index contributed by atoms with van der Waals surface area (Å²) in [5, 5.41) is 2.25. The van der Waals surface area contributed by atoms with Crippen LogP contribution in [0.3, 0.4) is 0 Å². The van der Waals surface area contributed by atoms with E-state index < -0.39 is 17.4 Å². The first-order valence-corrected chi connectivity index (χ1v) is 5.98. The number of nitrogens with one attached hydrogen (secondary N) is 1. The maximum atomic E-state index is 12.2. The molecule has 1 heterocycles. The van der Waals surface area contributed by atoms with E-state index >= 15 is 0 Å². The van der Waals surface area contributed by atoms with E-state index in [0.29, 0.717) is 18.8 Å². The van der Waals surface area contributed by atoms with Crippen LogP contribution in [0, 0.1) is 11.3 Å². The largest absolute Gasteiger partial charge is 0.330 e. The number of nitrogens with zero attached hydrogens (tertiary/aromatic N) is 1. The number of barbiturate groups is 1. The summed E-state index contributed by atoms with van der Waals surface area (Å²) in [6, 6.07) is -0.631. The predicted molar refractivity (Wildman–Crippen MR) is 63.1 cm³/mol. The molecule has 0 aromatic carbocycles. The summed E-state index contributed by atoms with van der Waals surface area (Å²) in [5.74, 6) is -0.412. The van der Waals surface area contributed by atoms with Crippen molar-refractivity contribution in [3.05, 3.63) is 0 Å². The topological polar surface area (TPSA) is 66.5 Å². The molecule has 0 aromatic rings. The third-order valence-electron chi connectivity index (χ3n) is 3.43. The Morgan fingerprint density at radius 2 is 1.88 bits per heavy atom. The third kappa shape index (κ3) is 2.33. The van der Waals surface area contributed by atoms with E-state index in [1.54, 1.807) is 6.92 Å². The number of rotatable bonds is 4. The maximum Gasteiger partial charge on any atom is 0.330 e. The first-order chi connectivity index (χ1) is 7.85. The van der Waals surface area contributed by atoms with E-state index in [9.17, 15) is 14.4 Å². The van der Waals surface area contributed by atoms with Gasteiger partial charge >= 0.3 is 6.03 Å². The van der Waals surface area contributed by atoms with Crippen molar-refractivity contribution in [2.24, 2.45) is 11.3 Å². The average Bonchev–Trinajstić information content (AvgIpc) is 2.27. The summed E-state index contributed by atoms with van der Waals surface area (Å²) in [5.41, 5.74) is -1.06. The summed E-state index contributed by atoms with van der Waals surface area (Å²) in [4.78, 5) is 36.4. The van der Waals surface area contributed by atoms with Crippen molar-refractivity contribution in [2.75, 3.05) is 7.05 Å². The molecule has 17 heavy (non-hydrogen) atoms. The van der Waals surface area contributed by atoms with Crippen LogP contribution >= 0.6 is 0 Å². The highest BCUT2D eigenvalue weighted by Gasteiger charge is 2.50. The lowest BCUT2D eigenvalue weighted by molar-refractivity contribution is -0.151. The fraction of sp³-hybridized carbons (Fsp3) is 0.750. The Kier molecular flexibility index (Phi) is 3.91. The van der Waals surface area contributed by atoms with Gasteiger partial charge in [-0.1, -0.05) is 20.8 Å². The number of urea groups is 1. The van der Waals surface area contributed by atoms with Crippen molar-refractivity contribution in [1.29, 1.82) is 0 Å². The molecule has 1 fully saturated rings. The minimum Gasteiger partial charge on any atom is -0.277 e. The number of imide groups is 2. The number of carbonyl (C=O) groups is 3. The van der Waals surface area contributed by atoms with Gasteiger partial charge in [0.2, 0.25) is 11.8 Å². The van der Waals surface area contributed by atoms with Gasteiger partial charge in [0.25, 0.3) is 0 Å². The Hall–Kier alpha value is -1.39. The molecule has 4 amide bonds. The SMILES string of the molecule is CCC1(CCC(C)C)C(=O)NC(=O)N(C)C1=O. The predicted octanol–water partition coefficient (Wildman–Crippen LogP) is 1.53. The highest BCUT2D eigenvalue weighted by Crippen LogP contribution is 2.34. The standard InChI is InChI=1S/C12H20N2O3/c1-5-12(7-6-8(2)3)9(15)13-11(17)14(4)10(12)16/h8H,5-7H2,1-4H3,(H,13,15,17). The summed E-state index contributed by atoms with van der Waals surface area (Å²) in [6.07, 6.45) is 1.69. The van der Waals surface area contributed by atoms with Gasteiger partial charge in [-0.15, -0.1) is 0 Å². The Morgan fingerprint density at radius 3 is 2.35 bits per heavy atom. The van der Waals surface area contributed by atoms with Gasteiger partial charge in [0, 0.05) is 7.05 Å². The monoisotopic (exact) mass is 240 g/mol. The zero-order chi connectivity index (χ0) is 13.2. The summed E-state index contributed by atoms with van der Waals surface area (Å²) in [6.45, 7) is 5.90. The quantitative estimate of drug-likeness (QED) is 0.758. The lowest BCUT2D eigenvalue weighted by Crippen LogP contribution is -2.62. The second-order valence-electron chi connectivity index (χ2n) is 4.99. The normalized spacial score (nSPS) is 25.5. The first-order valence-electron chi connectivity index (χ1n) is 5.98. The molecule has 96 valence electrons. The fourth-order valence-electron chi connectivity index (χ4n) is 2.06. The van der Waals surface area contributed by atoms with Crippen LogP contribution in [0.15, 0.2) is 0 Å². The lowest BCUT2D eigenvalue weighted by Gasteiger charge is -2.37. The molecule has 5 nitrogen and oxygen atoms in total. The molecule has 0 bridgehead atoms. The Bertz CT molecular complexity index is 352. The maximum absolute atomic E-state index is 12.2. The van der Waals surface area contributed by atoms with E-state index in [1.165, 1.54) is 7.05 Å². The van der Waals surface area contributed by atoms with Gasteiger partial charge in [-0.05, 0) is 25.2 Å². The molecule has 1 atom stereocenters. The molecule has 0 spiro atoms. The van der Waals surface area contributed by atoms with Gasteiger partial charge in [0.15, 0.2) is 0 Å². The summed E-state index contributed by atoms with van der Waals surface area (Å²) in [7, 11) is 1.41. The number of carbonyl (C=O) groups excluding carboxylic acids is 3. The Labute approximate surface area is 102 Å². The Balaban J connectivity index is 2.98. The van der Waals surface area contributed by atoms with E-state index in [4.69, 9.17) is 0 Å². The molecule has 1 saturated heterocycles. The third-order valence-corrected chi connectivity index (χ3v) is 3.43. The van der Waals surface area contributed by atoms with Gasteiger partial charge in [-0.25, -0.2) is 4.79 Å².